The molecule has 0 aliphatic carbocycles. The molecule has 2 aromatic rings. The van der Waals surface area contributed by atoms with Gasteiger partial charge in [-0.2, -0.15) is 0 Å². The number of halogens is 3. The SMILES string of the molecule is NCC(Nc1ccc(F)cc1)c1ccc(F)cc1Br. The fourth-order valence-corrected chi connectivity index (χ4v) is 2.42. The molecular formula is C14H13BrF2N2. The Morgan fingerprint density at radius 3 is 2.26 bits per heavy atom. The maximum Gasteiger partial charge on any atom is 0.124 e. The zero-order chi connectivity index (χ0) is 13.8. The van der Waals surface area contributed by atoms with Crippen LogP contribution < -0.4 is 11.1 Å². The van der Waals surface area contributed by atoms with E-state index >= 15 is 0 Å². The van der Waals surface area contributed by atoms with Crippen molar-refractivity contribution in [1.29, 1.82) is 0 Å². The van der Waals surface area contributed by atoms with Crippen LogP contribution in [-0.2, 0) is 0 Å². The van der Waals surface area contributed by atoms with Crippen molar-refractivity contribution in [1.82, 2.24) is 0 Å². The number of anilines is 1. The first-order valence-electron chi connectivity index (χ1n) is 5.77. The maximum absolute atomic E-state index is 13.1. The molecule has 1 unspecified atom stereocenters. The molecule has 3 N–H and O–H groups in total. The van der Waals surface area contributed by atoms with Gasteiger partial charge < -0.3 is 11.1 Å². The maximum atomic E-state index is 13.1. The predicted octanol–water partition coefficient (Wildman–Crippen LogP) is 3.84. The van der Waals surface area contributed by atoms with Gasteiger partial charge in [-0.3, -0.25) is 0 Å². The second-order valence-corrected chi connectivity index (χ2v) is 4.96. The first-order chi connectivity index (χ1) is 9.10. The van der Waals surface area contributed by atoms with Crippen molar-refractivity contribution in [2.45, 2.75) is 6.04 Å². The second-order valence-electron chi connectivity index (χ2n) is 4.11. The lowest BCUT2D eigenvalue weighted by molar-refractivity contribution is 0.624. The van der Waals surface area contributed by atoms with Crippen LogP contribution in [0, 0.1) is 11.6 Å². The van der Waals surface area contributed by atoms with Crippen molar-refractivity contribution >= 4 is 21.6 Å². The van der Waals surface area contributed by atoms with E-state index in [-0.39, 0.29) is 17.7 Å². The van der Waals surface area contributed by atoms with Gasteiger partial charge in [0, 0.05) is 16.7 Å². The number of hydrogen-bond donors (Lipinski definition) is 2. The Hall–Kier alpha value is -1.46. The Bertz CT molecular complexity index is 558. The minimum absolute atomic E-state index is 0.180. The average molecular weight is 327 g/mol. The Morgan fingerprint density at radius 1 is 1.05 bits per heavy atom. The second kappa shape index (κ2) is 6.12. The van der Waals surface area contributed by atoms with Gasteiger partial charge in [0.1, 0.15) is 11.6 Å². The average Bonchev–Trinajstić information content (AvgIpc) is 2.39. The van der Waals surface area contributed by atoms with Crippen LogP contribution in [0.3, 0.4) is 0 Å². The Morgan fingerprint density at radius 2 is 1.68 bits per heavy atom. The number of rotatable bonds is 4. The summed E-state index contributed by atoms with van der Waals surface area (Å²) in [5.41, 5.74) is 7.35. The highest BCUT2D eigenvalue weighted by atomic mass is 79.9. The van der Waals surface area contributed by atoms with Gasteiger partial charge in [-0.15, -0.1) is 0 Å². The highest BCUT2D eigenvalue weighted by molar-refractivity contribution is 9.10. The van der Waals surface area contributed by atoms with Crippen molar-refractivity contribution < 1.29 is 8.78 Å². The van der Waals surface area contributed by atoms with Crippen LogP contribution in [0.4, 0.5) is 14.5 Å². The normalized spacial score (nSPS) is 12.2. The van der Waals surface area contributed by atoms with Gasteiger partial charge in [0.15, 0.2) is 0 Å². The zero-order valence-corrected chi connectivity index (χ0v) is 11.6. The molecule has 0 aliphatic rings. The Balaban J connectivity index is 2.22. The fraction of sp³-hybridized carbons (Fsp3) is 0.143. The quantitative estimate of drug-likeness (QED) is 0.895. The summed E-state index contributed by atoms with van der Waals surface area (Å²) in [5.74, 6) is -0.606. The van der Waals surface area contributed by atoms with E-state index < -0.39 is 0 Å². The highest BCUT2D eigenvalue weighted by Crippen LogP contribution is 2.26. The standard InChI is InChI=1S/C14H13BrF2N2/c15-13-7-10(17)3-6-12(13)14(8-18)19-11-4-1-9(16)2-5-11/h1-7,14,19H,8,18H2. The van der Waals surface area contributed by atoms with Crippen molar-refractivity contribution in [3.63, 3.8) is 0 Å². The Kier molecular flexibility index (Phi) is 4.50. The van der Waals surface area contributed by atoms with Gasteiger partial charge in [0.25, 0.3) is 0 Å². The first-order valence-corrected chi connectivity index (χ1v) is 6.56. The molecule has 0 radical (unpaired) electrons. The van der Waals surface area contributed by atoms with Gasteiger partial charge in [0.05, 0.1) is 6.04 Å². The lowest BCUT2D eigenvalue weighted by atomic mass is 10.1. The van der Waals surface area contributed by atoms with Crippen LogP contribution in [0.5, 0.6) is 0 Å². The molecule has 0 fully saturated rings. The van der Waals surface area contributed by atoms with Crippen molar-refractivity contribution in [2.24, 2.45) is 5.73 Å². The highest BCUT2D eigenvalue weighted by Gasteiger charge is 2.13. The van der Waals surface area contributed by atoms with Crippen molar-refractivity contribution in [2.75, 3.05) is 11.9 Å². The molecule has 0 amide bonds. The van der Waals surface area contributed by atoms with E-state index in [1.807, 2.05) is 0 Å². The third-order valence-corrected chi connectivity index (χ3v) is 3.45. The van der Waals surface area contributed by atoms with E-state index in [9.17, 15) is 8.78 Å². The van der Waals surface area contributed by atoms with E-state index in [1.165, 1.54) is 24.3 Å². The van der Waals surface area contributed by atoms with Gasteiger partial charge in [0.2, 0.25) is 0 Å². The minimum Gasteiger partial charge on any atom is -0.377 e. The minimum atomic E-state index is -0.312. The van der Waals surface area contributed by atoms with Crippen LogP contribution >= 0.6 is 15.9 Å². The number of hydrogen-bond acceptors (Lipinski definition) is 2. The molecule has 0 saturated carbocycles. The molecule has 1 atom stereocenters. The van der Waals surface area contributed by atoms with Crippen molar-refractivity contribution in [3.05, 3.63) is 64.1 Å². The molecule has 0 spiro atoms. The van der Waals surface area contributed by atoms with Crippen LogP contribution in [0.2, 0.25) is 0 Å². The lowest BCUT2D eigenvalue weighted by Gasteiger charge is -2.20. The van der Waals surface area contributed by atoms with E-state index in [0.717, 1.165) is 11.3 Å². The third-order valence-electron chi connectivity index (χ3n) is 2.76. The molecular weight excluding hydrogens is 314 g/mol. The summed E-state index contributed by atoms with van der Waals surface area (Å²) in [6.07, 6.45) is 0. The Labute approximate surface area is 118 Å². The molecule has 2 aromatic carbocycles. The topological polar surface area (TPSA) is 38.0 Å². The number of benzene rings is 2. The third kappa shape index (κ3) is 3.52. The summed E-state index contributed by atoms with van der Waals surface area (Å²) < 4.78 is 26.5. The molecule has 0 aromatic heterocycles. The zero-order valence-electron chi connectivity index (χ0n) is 10.0. The number of nitrogens with two attached hydrogens (primary N) is 1. The van der Waals surface area contributed by atoms with E-state index in [0.29, 0.717) is 11.0 Å². The lowest BCUT2D eigenvalue weighted by Crippen LogP contribution is -2.21. The van der Waals surface area contributed by atoms with Gasteiger partial charge in [-0.1, -0.05) is 22.0 Å². The number of nitrogens with one attached hydrogen (secondary N) is 1. The first kappa shape index (κ1) is 14.0. The van der Waals surface area contributed by atoms with Gasteiger partial charge in [-0.25, -0.2) is 8.78 Å². The van der Waals surface area contributed by atoms with Crippen LogP contribution in [0.15, 0.2) is 46.9 Å². The smallest absolute Gasteiger partial charge is 0.124 e. The molecule has 0 saturated heterocycles. The van der Waals surface area contributed by atoms with Crippen molar-refractivity contribution in [3.8, 4) is 0 Å². The summed E-state index contributed by atoms with van der Waals surface area (Å²) >= 11 is 3.32. The largest absolute Gasteiger partial charge is 0.377 e. The summed E-state index contributed by atoms with van der Waals surface area (Å²) in [6.45, 7) is 0.335. The van der Waals surface area contributed by atoms with Crippen LogP contribution in [0.1, 0.15) is 11.6 Å². The molecule has 0 heterocycles. The predicted molar refractivity (Wildman–Crippen MR) is 75.9 cm³/mol. The monoisotopic (exact) mass is 326 g/mol. The summed E-state index contributed by atoms with van der Waals surface area (Å²) in [6, 6.07) is 10.3. The van der Waals surface area contributed by atoms with E-state index in [2.05, 4.69) is 21.2 Å². The van der Waals surface area contributed by atoms with Gasteiger partial charge >= 0.3 is 0 Å². The molecule has 2 nitrogen and oxygen atoms in total. The molecule has 5 heteroatoms. The summed E-state index contributed by atoms with van der Waals surface area (Å²) in [4.78, 5) is 0. The molecule has 0 aliphatic heterocycles. The molecule has 0 bridgehead atoms. The molecule has 2 rings (SSSR count). The van der Waals surface area contributed by atoms with E-state index in [1.54, 1.807) is 18.2 Å². The van der Waals surface area contributed by atoms with E-state index in [4.69, 9.17) is 5.73 Å². The van der Waals surface area contributed by atoms with Crippen LogP contribution in [0.25, 0.3) is 0 Å². The summed E-state index contributed by atoms with van der Waals surface area (Å²) in [7, 11) is 0. The molecule has 19 heavy (non-hydrogen) atoms. The molecule has 100 valence electrons. The summed E-state index contributed by atoms with van der Waals surface area (Å²) in [5, 5.41) is 3.19. The fourth-order valence-electron chi connectivity index (χ4n) is 1.80. The van der Waals surface area contributed by atoms with Gasteiger partial charge in [-0.05, 0) is 42.0 Å². The van der Waals surface area contributed by atoms with Crippen LogP contribution in [-0.4, -0.2) is 6.54 Å².